The van der Waals surface area contributed by atoms with Crippen LogP contribution in [-0.4, -0.2) is 31.8 Å². The van der Waals surface area contributed by atoms with Crippen molar-refractivity contribution < 1.29 is 14.3 Å². The number of hydrogen-bond donors (Lipinski definition) is 1. The molecule has 0 bridgehead atoms. The second-order valence-electron chi connectivity index (χ2n) is 4.65. The second kappa shape index (κ2) is 7.64. The fraction of sp³-hybridized carbons (Fsp3) is 0.353. The highest BCUT2D eigenvalue weighted by Crippen LogP contribution is 2.25. The fourth-order valence-corrected chi connectivity index (χ4v) is 2.19. The molecule has 0 heterocycles. The zero-order chi connectivity index (χ0) is 15.1. The molecule has 0 radical (unpaired) electrons. The Morgan fingerprint density at radius 3 is 2.67 bits per heavy atom. The molecule has 0 saturated carbocycles. The molecule has 0 aliphatic heterocycles. The summed E-state index contributed by atoms with van der Waals surface area (Å²) in [6, 6.07) is 13.5. The largest absolute Gasteiger partial charge is 0.491 e. The number of benzene rings is 2. The van der Waals surface area contributed by atoms with Crippen LogP contribution in [0.15, 0.2) is 42.5 Å². The maximum atomic E-state index is 11.9. The topological polar surface area (TPSA) is 47.6 Å². The first kappa shape index (κ1) is 15.3. The first-order valence-electron chi connectivity index (χ1n) is 7.26. The molecule has 0 spiro atoms. The highest BCUT2D eigenvalue weighted by atomic mass is 16.5. The molecule has 1 N–H and O–H groups in total. The van der Waals surface area contributed by atoms with Crippen LogP contribution in [0.25, 0.3) is 10.8 Å². The third-order valence-electron chi connectivity index (χ3n) is 3.18. The highest BCUT2D eigenvalue weighted by Gasteiger charge is 2.19. The molecule has 0 fully saturated rings. The van der Waals surface area contributed by atoms with Gasteiger partial charge in [0.2, 0.25) is 0 Å². The van der Waals surface area contributed by atoms with E-state index in [0.717, 1.165) is 16.5 Å². The number of carbonyl (C=O) groups excluding carboxylic acids is 1. The van der Waals surface area contributed by atoms with Gasteiger partial charge in [-0.1, -0.05) is 43.3 Å². The lowest BCUT2D eigenvalue weighted by atomic mass is 10.1. The molecule has 4 nitrogen and oxygen atoms in total. The summed E-state index contributed by atoms with van der Waals surface area (Å²) in [7, 11) is 0. The number of rotatable bonds is 7. The smallest absolute Gasteiger partial charge is 0.326 e. The number of likely N-dealkylation sites (N-methyl/N-ethyl adjacent to an activating group) is 1. The Hall–Kier alpha value is -2.07. The number of hydrogen-bond acceptors (Lipinski definition) is 4. The van der Waals surface area contributed by atoms with E-state index in [4.69, 9.17) is 9.47 Å². The van der Waals surface area contributed by atoms with Crippen LogP contribution in [0, 0.1) is 0 Å². The molecule has 4 heteroatoms. The Morgan fingerprint density at radius 2 is 1.90 bits per heavy atom. The Morgan fingerprint density at radius 1 is 1.14 bits per heavy atom. The van der Waals surface area contributed by atoms with E-state index in [9.17, 15) is 4.79 Å². The van der Waals surface area contributed by atoms with Crippen molar-refractivity contribution in [1.29, 1.82) is 0 Å². The molecule has 1 unspecified atom stereocenters. The van der Waals surface area contributed by atoms with E-state index in [0.29, 0.717) is 13.2 Å². The lowest BCUT2D eigenvalue weighted by Gasteiger charge is -2.17. The molecule has 0 aliphatic rings. The third kappa shape index (κ3) is 3.95. The van der Waals surface area contributed by atoms with Crippen molar-refractivity contribution in [3.05, 3.63) is 42.5 Å². The summed E-state index contributed by atoms with van der Waals surface area (Å²) in [5.74, 6) is 0.500. The standard InChI is InChI=1S/C17H21NO3/c1-3-18-15(17(19)20-4-2)12-21-16-11-7-9-13-8-5-6-10-14(13)16/h5-11,15,18H,3-4,12H2,1-2H3. The predicted molar refractivity (Wildman–Crippen MR) is 83.5 cm³/mol. The molecule has 0 amide bonds. The molecule has 21 heavy (non-hydrogen) atoms. The molecule has 2 aromatic carbocycles. The van der Waals surface area contributed by atoms with Crippen LogP contribution in [-0.2, 0) is 9.53 Å². The van der Waals surface area contributed by atoms with Crippen molar-refractivity contribution in [1.82, 2.24) is 5.32 Å². The Kier molecular flexibility index (Phi) is 5.58. The number of fused-ring (bicyclic) bond motifs is 1. The number of ether oxygens (including phenoxy) is 2. The fourth-order valence-electron chi connectivity index (χ4n) is 2.19. The summed E-state index contributed by atoms with van der Waals surface area (Å²) >= 11 is 0. The van der Waals surface area contributed by atoms with E-state index in [-0.39, 0.29) is 12.6 Å². The second-order valence-corrected chi connectivity index (χ2v) is 4.65. The van der Waals surface area contributed by atoms with Crippen molar-refractivity contribution in [2.24, 2.45) is 0 Å². The van der Waals surface area contributed by atoms with Crippen molar-refractivity contribution in [3.63, 3.8) is 0 Å². The summed E-state index contributed by atoms with van der Waals surface area (Å²) in [6.07, 6.45) is 0. The van der Waals surface area contributed by atoms with Crippen molar-refractivity contribution in [3.8, 4) is 5.75 Å². The first-order chi connectivity index (χ1) is 10.3. The molecule has 0 aromatic heterocycles. The first-order valence-corrected chi connectivity index (χ1v) is 7.26. The molecule has 0 aliphatic carbocycles. The molecular formula is C17H21NO3. The van der Waals surface area contributed by atoms with E-state index in [1.807, 2.05) is 49.4 Å². The summed E-state index contributed by atoms with van der Waals surface area (Å²) in [5.41, 5.74) is 0. The Bertz CT molecular complexity index is 592. The average Bonchev–Trinajstić information content (AvgIpc) is 2.51. The third-order valence-corrected chi connectivity index (χ3v) is 3.18. The van der Waals surface area contributed by atoms with Gasteiger partial charge < -0.3 is 14.8 Å². The van der Waals surface area contributed by atoms with E-state index in [1.165, 1.54) is 0 Å². The lowest BCUT2D eigenvalue weighted by Crippen LogP contribution is -2.42. The van der Waals surface area contributed by atoms with E-state index < -0.39 is 6.04 Å². The van der Waals surface area contributed by atoms with Gasteiger partial charge in [0.1, 0.15) is 18.4 Å². The van der Waals surface area contributed by atoms with Gasteiger partial charge in [-0.3, -0.25) is 4.79 Å². The molecule has 0 saturated heterocycles. The number of nitrogens with one attached hydrogen (secondary N) is 1. The SMILES string of the molecule is CCNC(COc1cccc2ccccc12)C(=O)OCC. The van der Waals surface area contributed by atoms with Gasteiger partial charge in [0.25, 0.3) is 0 Å². The zero-order valence-corrected chi connectivity index (χ0v) is 12.5. The van der Waals surface area contributed by atoms with E-state index in [2.05, 4.69) is 5.32 Å². The van der Waals surface area contributed by atoms with Gasteiger partial charge in [-0.25, -0.2) is 0 Å². The normalized spacial score (nSPS) is 12.1. The van der Waals surface area contributed by atoms with Crippen molar-refractivity contribution >= 4 is 16.7 Å². The summed E-state index contributed by atoms with van der Waals surface area (Å²) in [6.45, 7) is 5.05. The minimum absolute atomic E-state index is 0.251. The quantitative estimate of drug-likeness (QED) is 0.795. The lowest BCUT2D eigenvalue weighted by molar-refractivity contribution is -0.146. The van der Waals surface area contributed by atoms with Crippen LogP contribution >= 0.6 is 0 Å². The summed E-state index contributed by atoms with van der Waals surface area (Å²) in [4.78, 5) is 11.9. The van der Waals surface area contributed by atoms with Gasteiger partial charge in [-0.2, -0.15) is 0 Å². The highest BCUT2D eigenvalue weighted by molar-refractivity contribution is 5.88. The van der Waals surface area contributed by atoms with Gasteiger partial charge in [0, 0.05) is 5.39 Å². The number of carbonyl (C=O) groups is 1. The van der Waals surface area contributed by atoms with Crippen LogP contribution in [0.5, 0.6) is 5.75 Å². The molecule has 2 aromatic rings. The maximum absolute atomic E-state index is 11.9. The Labute approximate surface area is 125 Å². The minimum Gasteiger partial charge on any atom is -0.491 e. The zero-order valence-electron chi connectivity index (χ0n) is 12.5. The van der Waals surface area contributed by atoms with Gasteiger partial charge >= 0.3 is 5.97 Å². The predicted octanol–water partition coefficient (Wildman–Crippen LogP) is 2.76. The monoisotopic (exact) mass is 287 g/mol. The van der Waals surface area contributed by atoms with Gasteiger partial charge in [0.15, 0.2) is 0 Å². The van der Waals surface area contributed by atoms with E-state index in [1.54, 1.807) is 6.92 Å². The molecule has 112 valence electrons. The minimum atomic E-state index is -0.450. The Balaban J connectivity index is 2.10. The van der Waals surface area contributed by atoms with Gasteiger partial charge in [0.05, 0.1) is 6.61 Å². The van der Waals surface area contributed by atoms with Crippen LogP contribution in [0.4, 0.5) is 0 Å². The van der Waals surface area contributed by atoms with Crippen molar-refractivity contribution in [2.75, 3.05) is 19.8 Å². The molecule has 2 rings (SSSR count). The summed E-state index contributed by atoms with van der Waals surface area (Å²) in [5, 5.41) is 5.24. The van der Waals surface area contributed by atoms with Crippen LogP contribution < -0.4 is 10.1 Å². The van der Waals surface area contributed by atoms with E-state index >= 15 is 0 Å². The van der Waals surface area contributed by atoms with Crippen LogP contribution in [0.1, 0.15) is 13.8 Å². The molecule has 1 atom stereocenters. The van der Waals surface area contributed by atoms with Crippen LogP contribution in [0.2, 0.25) is 0 Å². The van der Waals surface area contributed by atoms with Crippen LogP contribution in [0.3, 0.4) is 0 Å². The number of esters is 1. The molecular weight excluding hydrogens is 266 g/mol. The average molecular weight is 287 g/mol. The van der Waals surface area contributed by atoms with Crippen molar-refractivity contribution in [2.45, 2.75) is 19.9 Å². The van der Waals surface area contributed by atoms with Gasteiger partial charge in [-0.05, 0) is 24.9 Å². The summed E-state index contributed by atoms with van der Waals surface area (Å²) < 4.78 is 10.9. The maximum Gasteiger partial charge on any atom is 0.326 e. The van der Waals surface area contributed by atoms with Gasteiger partial charge in [-0.15, -0.1) is 0 Å².